The van der Waals surface area contributed by atoms with E-state index in [9.17, 15) is 14.9 Å². The van der Waals surface area contributed by atoms with Crippen LogP contribution in [0.25, 0.3) is 5.69 Å². The van der Waals surface area contributed by atoms with E-state index in [1.807, 2.05) is 18.2 Å². The molecule has 0 unspecified atom stereocenters. The Kier molecular flexibility index (Phi) is 6.51. The first-order chi connectivity index (χ1) is 14.0. The molecule has 1 amide bonds. The van der Waals surface area contributed by atoms with E-state index in [4.69, 9.17) is 0 Å². The van der Waals surface area contributed by atoms with Gasteiger partial charge in [0.15, 0.2) is 0 Å². The van der Waals surface area contributed by atoms with Crippen LogP contribution >= 0.6 is 0 Å². The molecule has 3 aromatic rings. The number of nitro groups is 1. The van der Waals surface area contributed by atoms with Crippen molar-refractivity contribution in [2.24, 2.45) is 0 Å². The van der Waals surface area contributed by atoms with Gasteiger partial charge in [0.05, 0.1) is 16.9 Å². The third-order valence-corrected chi connectivity index (χ3v) is 4.49. The molecule has 0 spiro atoms. The van der Waals surface area contributed by atoms with E-state index >= 15 is 0 Å². The van der Waals surface area contributed by atoms with E-state index in [0.29, 0.717) is 30.9 Å². The number of nitrogens with one attached hydrogen (secondary N) is 1. The number of aromatic nitrogens is 3. The van der Waals surface area contributed by atoms with Crippen LogP contribution in [0.4, 0.5) is 11.4 Å². The van der Waals surface area contributed by atoms with Gasteiger partial charge >= 0.3 is 0 Å². The molecule has 0 aliphatic heterocycles. The fraction of sp³-hybridized carbons (Fsp3) is 0.250. The monoisotopic (exact) mass is 394 g/mol. The van der Waals surface area contributed by atoms with Gasteiger partial charge < -0.3 is 14.8 Å². The Balaban J connectivity index is 1.54. The summed E-state index contributed by atoms with van der Waals surface area (Å²) in [5.41, 5.74) is 1.90. The van der Waals surface area contributed by atoms with Gasteiger partial charge in [0.25, 0.3) is 5.69 Å². The Bertz CT molecular complexity index is 960. The van der Waals surface area contributed by atoms with E-state index in [2.05, 4.69) is 15.3 Å². The first-order valence-corrected chi connectivity index (χ1v) is 9.19. The number of pyridine rings is 1. The van der Waals surface area contributed by atoms with E-state index in [1.165, 1.54) is 6.07 Å². The van der Waals surface area contributed by atoms with E-state index in [-0.39, 0.29) is 18.0 Å². The van der Waals surface area contributed by atoms with Crippen LogP contribution in [0.2, 0.25) is 0 Å². The van der Waals surface area contributed by atoms with Gasteiger partial charge in [-0.25, -0.2) is 4.98 Å². The zero-order chi connectivity index (χ0) is 20.6. The van der Waals surface area contributed by atoms with Gasteiger partial charge in [0, 0.05) is 63.3 Å². The summed E-state index contributed by atoms with van der Waals surface area (Å²) in [7, 11) is 1.74. The number of hydrogen-bond donors (Lipinski definition) is 1. The first-order valence-electron chi connectivity index (χ1n) is 9.19. The molecule has 0 radical (unpaired) electrons. The number of nitro benzene ring substituents is 1. The van der Waals surface area contributed by atoms with Crippen molar-refractivity contribution in [3.63, 3.8) is 0 Å². The largest absolute Gasteiger partial charge is 0.379 e. The minimum atomic E-state index is -0.441. The van der Waals surface area contributed by atoms with Crippen molar-refractivity contribution in [2.75, 3.05) is 25.5 Å². The standard InChI is InChI=1S/C20H22N6O3/c1-24(12-8-16-4-2-3-9-22-16)20(27)7-10-23-18-6-5-17(14-19(18)26(28)29)25-13-11-21-15-25/h2-6,9,11,13-15,23H,7-8,10,12H2,1H3. The predicted molar refractivity (Wildman–Crippen MR) is 109 cm³/mol. The molecule has 2 aromatic heterocycles. The number of likely N-dealkylation sites (N-methyl/N-ethyl adjacent to an activating group) is 1. The van der Waals surface area contributed by atoms with Gasteiger partial charge in [0.2, 0.25) is 5.91 Å². The highest BCUT2D eigenvalue weighted by molar-refractivity contribution is 5.76. The summed E-state index contributed by atoms with van der Waals surface area (Å²) in [6.07, 6.45) is 7.54. The van der Waals surface area contributed by atoms with Crippen LogP contribution in [-0.2, 0) is 11.2 Å². The van der Waals surface area contributed by atoms with Gasteiger partial charge in [-0.3, -0.25) is 19.9 Å². The number of carbonyl (C=O) groups excluding carboxylic acids is 1. The molecule has 1 aromatic carbocycles. The molecule has 0 aliphatic carbocycles. The minimum Gasteiger partial charge on any atom is -0.379 e. The van der Waals surface area contributed by atoms with Crippen LogP contribution in [0.5, 0.6) is 0 Å². The second-order valence-electron chi connectivity index (χ2n) is 6.49. The Labute approximate surface area is 168 Å². The average molecular weight is 394 g/mol. The van der Waals surface area contributed by atoms with Gasteiger partial charge in [-0.15, -0.1) is 0 Å². The lowest BCUT2D eigenvalue weighted by Gasteiger charge is -2.17. The van der Waals surface area contributed by atoms with Crippen LogP contribution in [0.3, 0.4) is 0 Å². The fourth-order valence-corrected chi connectivity index (χ4v) is 2.84. The van der Waals surface area contributed by atoms with Crippen LogP contribution in [0, 0.1) is 10.1 Å². The van der Waals surface area contributed by atoms with Crippen molar-refractivity contribution in [1.82, 2.24) is 19.4 Å². The SMILES string of the molecule is CN(CCc1ccccn1)C(=O)CCNc1ccc(-n2ccnc2)cc1[N+](=O)[O-]. The van der Waals surface area contributed by atoms with Crippen molar-refractivity contribution in [2.45, 2.75) is 12.8 Å². The number of rotatable bonds is 9. The third-order valence-electron chi connectivity index (χ3n) is 4.49. The molecule has 2 heterocycles. The number of amides is 1. The van der Waals surface area contributed by atoms with Crippen LogP contribution in [0.15, 0.2) is 61.3 Å². The molecule has 0 saturated heterocycles. The maximum atomic E-state index is 12.3. The normalized spacial score (nSPS) is 10.5. The molecular formula is C20H22N6O3. The van der Waals surface area contributed by atoms with Gasteiger partial charge in [-0.2, -0.15) is 0 Å². The lowest BCUT2D eigenvalue weighted by molar-refractivity contribution is -0.383. The summed E-state index contributed by atoms with van der Waals surface area (Å²) in [6, 6.07) is 10.6. The zero-order valence-electron chi connectivity index (χ0n) is 16.1. The maximum absolute atomic E-state index is 12.3. The lowest BCUT2D eigenvalue weighted by Crippen LogP contribution is -2.30. The summed E-state index contributed by atoms with van der Waals surface area (Å²) in [6.45, 7) is 0.869. The smallest absolute Gasteiger partial charge is 0.294 e. The Morgan fingerprint density at radius 2 is 2.14 bits per heavy atom. The zero-order valence-corrected chi connectivity index (χ0v) is 16.1. The average Bonchev–Trinajstić information content (AvgIpc) is 3.27. The molecule has 0 atom stereocenters. The third kappa shape index (κ3) is 5.38. The Morgan fingerprint density at radius 1 is 1.28 bits per heavy atom. The van der Waals surface area contributed by atoms with Gasteiger partial charge in [-0.05, 0) is 24.3 Å². The van der Waals surface area contributed by atoms with Crippen molar-refractivity contribution < 1.29 is 9.72 Å². The highest BCUT2D eigenvalue weighted by atomic mass is 16.6. The minimum absolute atomic E-state index is 0.0360. The second kappa shape index (κ2) is 9.45. The summed E-state index contributed by atoms with van der Waals surface area (Å²) < 4.78 is 1.69. The van der Waals surface area contributed by atoms with Crippen LogP contribution in [-0.4, -0.2) is 50.4 Å². The molecule has 9 nitrogen and oxygen atoms in total. The number of carbonyl (C=O) groups is 1. The van der Waals surface area contributed by atoms with Crippen LogP contribution in [0.1, 0.15) is 12.1 Å². The number of hydrogen-bond acceptors (Lipinski definition) is 6. The maximum Gasteiger partial charge on any atom is 0.294 e. The molecule has 0 bridgehead atoms. The second-order valence-corrected chi connectivity index (χ2v) is 6.49. The van der Waals surface area contributed by atoms with E-state index in [1.54, 1.807) is 53.6 Å². The number of nitrogens with zero attached hydrogens (tertiary/aromatic N) is 5. The summed E-state index contributed by atoms with van der Waals surface area (Å²) >= 11 is 0. The molecule has 3 rings (SSSR count). The molecule has 9 heteroatoms. The van der Waals surface area contributed by atoms with Crippen molar-refractivity contribution >= 4 is 17.3 Å². The highest BCUT2D eigenvalue weighted by Gasteiger charge is 2.16. The first kappa shape index (κ1) is 20.0. The van der Waals surface area contributed by atoms with Crippen molar-refractivity contribution in [3.05, 3.63) is 77.1 Å². The lowest BCUT2D eigenvalue weighted by atomic mass is 10.2. The van der Waals surface area contributed by atoms with Gasteiger partial charge in [0.1, 0.15) is 5.69 Å². The summed E-state index contributed by atoms with van der Waals surface area (Å²) in [4.78, 5) is 33.1. The molecule has 0 aliphatic rings. The van der Waals surface area contributed by atoms with E-state index < -0.39 is 4.92 Å². The molecule has 29 heavy (non-hydrogen) atoms. The van der Waals surface area contributed by atoms with E-state index in [0.717, 1.165) is 5.69 Å². The number of imidazole rings is 1. The molecule has 150 valence electrons. The quantitative estimate of drug-likeness (QED) is 0.442. The number of anilines is 1. The molecule has 0 fully saturated rings. The number of benzene rings is 1. The van der Waals surface area contributed by atoms with Crippen molar-refractivity contribution in [3.8, 4) is 5.69 Å². The Hall–Kier alpha value is -3.75. The fourth-order valence-electron chi connectivity index (χ4n) is 2.84. The van der Waals surface area contributed by atoms with Crippen LogP contribution < -0.4 is 5.32 Å². The van der Waals surface area contributed by atoms with Crippen molar-refractivity contribution in [1.29, 1.82) is 0 Å². The van der Waals surface area contributed by atoms with Gasteiger partial charge in [-0.1, -0.05) is 6.07 Å². The predicted octanol–water partition coefficient (Wildman–Crippen LogP) is 2.68. The topological polar surface area (TPSA) is 106 Å². The summed E-state index contributed by atoms with van der Waals surface area (Å²) in [5, 5.41) is 14.4. The Morgan fingerprint density at radius 3 is 2.83 bits per heavy atom. The molecule has 1 N–H and O–H groups in total. The molecular weight excluding hydrogens is 372 g/mol. The molecule has 0 saturated carbocycles. The summed E-state index contributed by atoms with van der Waals surface area (Å²) in [5.74, 6) is -0.0360. The highest BCUT2D eigenvalue weighted by Crippen LogP contribution is 2.27.